The summed E-state index contributed by atoms with van der Waals surface area (Å²) in [7, 11) is 0. The Morgan fingerprint density at radius 2 is 2.04 bits per heavy atom. The molecule has 1 aromatic carbocycles. The fourth-order valence-electron chi connectivity index (χ4n) is 4.06. The summed E-state index contributed by atoms with van der Waals surface area (Å²) < 4.78 is 25.2. The van der Waals surface area contributed by atoms with Gasteiger partial charge in [-0.2, -0.15) is 0 Å². The molecule has 2 fully saturated rings. The summed E-state index contributed by atoms with van der Waals surface area (Å²) in [4.78, 5) is 14.3. The van der Waals surface area contributed by atoms with Gasteiger partial charge >= 0.3 is 0 Å². The molecule has 3 aliphatic rings. The summed E-state index contributed by atoms with van der Waals surface area (Å²) in [5, 5.41) is 3.11. The molecule has 1 amide bonds. The van der Waals surface area contributed by atoms with Crippen LogP contribution >= 0.6 is 0 Å². The van der Waals surface area contributed by atoms with Gasteiger partial charge in [0, 0.05) is 36.7 Å². The lowest BCUT2D eigenvalue weighted by Gasteiger charge is -2.35. The van der Waals surface area contributed by atoms with Crippen LogP contribution in [0.4, 0.5) is 10.1 Å². The summed E-state index contributed by atoms with van der Waals surface area (Å²) >= 11 is 0. The Morgan fingerprint density at radius 1 is 1.29 bits per heavy atom. The molecular formula is C18H23FN2O3. The molecule has 2 heterocycles. The minimum absolute atomic E-state index is 0.00122. The lowest BCUT2D eigenvalue weighted by Crippen LogP contribution is -2.46. The second-order valence-corrected chi connectivity index (χ2v) is 6.86. The monoisotopic (exact) mass is 334 g/mol. The first-order valence-electron chi connectivity index (χ1n) is 8.75. The number of carbonyl (C=O) groups is 1. The molecule has 0 bridgehead atoms. The zero-order valence-corrected chi connectivity index (χ0v) is 13.7. The highest BCUT2D eigenvalue weighted by molar-refractivity contribution is 5.82. The van der Waals surface area contributed by atoms with E-state index < -0.39 is 5.79 Å². The van der Waals surface area contributed by atoms with Crippen LogP contribution in [0.25, 0.3) is 0 Å². The fourth-order valence-corrected chi connectivity index (χ4v) is 4.06. The Bertz CT molecular complexity index is 621. The number of ether oxygens (including phenoxy) is 2. The lowest BCUT2D eigenvalue weighted by molar-refractivity contribution is -0.180. The maximum Gasteiger partial charge on any atom is 0.239 e. The van der Waals surface area contributed by atoms with Gasteiger partial charge < -0.3 is 19.7 Å². The average Bonchev–Trinajstić information content (AvgIpc) is 3.19. The number of fused-ring (bicyclic) bond motifs is 1. The minimum atomic E-state index is -0.396. The number of nitrogens with zero attached hydrogens (tertiary/aromatic N) is 1. The molecule has 130 valence electrons. The van der Waals surface area contributed by atoms with Gasteiger partial charge in [0.25, 0.3) is 0 Å². The highest BCUT2D eigenvalue weighted by Gasteiger charge is 2.40. The van der Waals surface area contributed by atoms with Crippen LogP contribution in [0.15, 0.2) is 18.2 Å². The number of nitrogens with one attached hydrogen (secondary N) is 1. The second-order valence-electron chi connectivity index (χ2n) is 6.86. The third-order valence-electron chi connectivity index (χ3n) is 5.33. The highest BCUT2D eigenvalue weighted by Crippen LogP contribution is 2.35. The van der Waals surface area contributed by atoms with E-state index in [0.29, 0.717) is 26.2 Å². The molecule has 4 rings (SSSR count). The van der Waals surface area contributed by atoms with E-state index in [9.17, 15) is 9.18 Å². The van der Waals surface area contributed by atoms with E-state index >= 15 is 0 Å². The summed E-state index contributed by atoms with van der Waals surface area (Å²) in [6.45, 7) is 2.31. The molecule has 0 aromatic heterocycles. The first kappa shape index (κ1) is 15.8. The van der Waals surface area contributed by atoms with Gasteiger partial charge in [-0.25, -0.2) is 4.39 Å². The van der Waals surface area contributed by atoms with E-state index in [4.69, 9.17) is 9.47 Å². The topological polar surface area (TPSA) is 50.8 Å². The Kier molecular flexibility index (Phi) is 4.18. The fraction of sp³-hybridized carbons (Fsp3) is 0.611. The van der Waals surface area contributed by atoms with E-state index in [0.717, 1.165) is 36.9 Å². The van der Waals surface area contributed by atoms with Gasteiger partial charge in [-0.15, -0.1) is 0 Å². The zero-order valence-electron chi connectivity index (χ0n) is 13.7. The molecule has 1 N–H and O–H groups in total. The third-order valence-corrected chi connectivity index (χ3v) is 5.33. The van der Waals surface area contributed by atoms with Crippen molar-refractivity contribution in [2.24, 2.45) is 0 Å². The molecule has 1 aromatic rings. The predicted molar refractivity (Wildman–Crippen MR) is 87.4 cm³/mol. The van der Waals surface area contributed by atoms with Gasteiger partial charge in [-0.05, 0) is 31.4 Å². The van der Waals surface area contributed by atoms with Gasteiger partial charge in [-0.1, -0.05) is 6.07 Å². The second kappa shape index (κ2) is 6.33. The first-order valence-corrected chi connectivity index (χ1v) is 8.75. The van der Waals surface area contributed by atoms with E-state index in [2.05, 4.69) is 5.32 Å². The van der Waals surface area contributed by atoms with Gasteiger partial charge in [0.2, 0.25) is 5.91 Å². The van der Waals surface area contributed by atoms with Crippen molar-refractivity contribution in [1.82, 2.24) is 5.32 Å². The summed E-state index contributed by atoms with van der Waals surface area (Å²) in [6, 6.07) is 5.24. The molecule has 5 nitrogen and oxygen atoms in total. The maximum atomic E-state index is 13.8. The van der Waals surface area contributed by atoms with Crippen LogP contribution in [0.1, 0.15) is 31.2 Å². The standard InChI is InChI=1S/C18H23FN2O3/c19-15-2-1-3-16-14(15)6-9-21(16)12-17(22)20-13-4-7-18(8-5-13)23-10-11-24-18/h1-3,13H,4-12H2,(H,20,22). The number of anilines is 1. The Morgan fingerprint density at radius 3 is 2.79 bits per heavy atom. The maximum absolute atomic E-state index is 13.8. The van der Waals surface area contributed by atoms with Crippen LogP contribution in [-0.4, -0.2) is 44.0 Å². The van der Waals surface area contributed by atoms with Crippen LogP contribution in [0.2, 0.25) is 0 Å². The van der Waals surface area contributed by atoms with Gasteiger partial charge in [0.1, 0.15) is 5.82 Å². The number of halogens is 1. The van der Waals surface area contributed by atoms with E-state index in [1.54, 1.807) is 6.07 Å². The van der Waals surface area contributed by atoms with Crippen molar-refractivity contribution >= 4 is 11.6 Å². The molecule has 0 atom stereocenters. The smallest absolute Gasteiger partial charge is 0.239 e. The van der Waals surface area contributed by atoms with E-state index in [1.165, 1.54) is 6.07 Å². The molecule has 6 heteroatoms. The Balaban J connectivity index is 1.30. The molecule has 1 aliphatic carbocycles. The first-order chi connectivity index (χ1) is 11.7. The predicted octanol–water partition coefficient (Wildman–Crippen LogP) is 1.99. The summed E-state index contributed by atoms with van der Waals surface area (Å²) in [5.41, 5.74) is 1.57. The zero-order chi connectivity index (χ0) is 16.6. The van der Waals surface area contributed by atoms with Gasteiger partial charge in [0.05, 0.1) is 19.8 Å². The van der Waals surface area contributed by atoms with Crippen LogP contribution in [0.3, 0.4) is 0 Å². The number of benzene rings is 1. The van der Waals surface area contributed by atoms with Gasteiger partial charge in [-0.3, -0.25) is 4.79 Å². The number of hydrogen-bond donors (Lipinski definition) is 1. The molecule has 0 radical (unpaired) electrons. The van der Waals surface area contributed by atoms with Crippen molar-refractivity contribution in [2.45, 2.75) is 43.9 Å². The molecule has 1 saturated carbocycles. The molecule has 0 unspecified atom stereocenters. The normalized spacial score (nSPS) is 22.8. The minimum Gasteiger partial charge on any atom is -0.362 e. The van der Waals surface area contributed by atoms with E-state index in [1.807, 2.05) is 11.0 Å². The highest BCUT2D eigenvalue weighted by atomic mass is 19.1. The average molecular weight is 334 g/mol. The molecular weight excluding hydrogens is 311 g/mol. The van der Waals surface area contributed by atoms with Crippen molar-refractivity contribution in [3.8, 4) is 0 Å². The molecule has 1 spiro atoms. The molecule has 24 heavy (non-hydrogen) atoms. The third kappa shape index (κ3) is 3.00. The van der Waals surface area contributed by atoms with Crippen molar-refractivity contribution in [1.29, 1.82) is 0 Å². The molecule has 2 aliphatic heterocycles. The van der Waals surface area contributed by atoms with Crippen LogP contribution in [0, 0.1) is 5.82 Å². The SMILES string of the molecule is O=C(CN1CCc2c(F)cccc21)NC1CCC2(CC1)OCCO2. The lowest BCUT2D eigenvalue weighted by atomic mass is 9.90. The Labute approximate surface area is 141 Å². The van der Waals surface area contributed by atoms with Crippen LogP contribution in [-0.2, 0) is 20.7 Å². The number of carbonyl (C=O) groups excluding carboxylic acids is 1. The quantitative estimate of drug-likeness (QED) is 0.918. The van der Waals surface area contributed by atoms with Gasteiger partial charge in [0.15, 0.2) is 5.79 Å². The Hall–Kier alpha value is -1.66. The summed E-state index contributed by atoms with van der Waals surface area (Å²) in [5.74, 6) is -0.571. The van der Waals surface area contributed by atoms with Crippen LogP contribution < -0.4 is 10.2 Å². The van der Waals surface area contributed by atoms with Crippen LogP contribution in [0.5, 0.6) is 0 Å². The molecule has 1 saturated heterocycles. The van der Waals surface area contributed by atoms with E-state index in [-0.39, 0.29) is 24.3 Å². The summed E-state index contributed by atoms with van der Waals surface area (Å²) in [6.07, 6.45) is 4.06. The van der Waals surface area contributed by atoms with Crippen molar-refractivity contribution in [3.05, 3.63) is 29.6 Å². The number of rotatable bonds is 3. The van der Waals surface area contributed by atoms with Crippen molar-refractivity contribution in [3.63, 3.8) is 0 Å². The number of amides is 1. The van der Waals surface area contributed by atoms with Crippen molar-refractivity contribution in [2.75, 3.05) is 31.2 Å². The largest absolute Gasteiger partial charge is 0.362 e. The van der Waals surface area contributed by atoms with Crippen molar-refractivity contribution < 1.29 is 18.7 Å². The number of hydrogen-bond acceptors (Lipinski definition) is 4.